The molecule has 308 valence electrons. The summed E-state index contributed by atoms with van der Waals surface area (Å²) >= 11 is 0. The van der Waals surface area contributed by atoms with Crippen molar-refractivity contribution in [2.24, 2.45) is 17.6 Å². The maximum Gasteiger partial charge on any atom is 0.307 e. The number of hydrogen-bond donors (Lipinski definition) is 9. The predicted molar refractivity (Wildman–Crippen MR) is 210 cm³/mol. The summed E-state index contributed by atoms with van der Waals surface area (Å²) < 4.78 is 0. The monoisotopic (exact) mass is 831 g/mol. The standard InChI is InChI=1S/C35H45N9O11S2/c1-38-10-11-56-57-17-21(34(54)55)13-26(46)24(14-28(48)49)42-31(50)23(36)16-39-27(47)9-7-20(33(52)53)12-25(45)19-5-2-18(3-6-19)4-8-22-15-40-30-29(41-22)32(51)44-35(37)43-30/h2-3,5-6,15,20-21,23-24,38H,4,7-14,16-17,36H2,1H3,(H,39,47)(H,42,50)(H,48,49)(H,52,53)(H,54,55)(H3,37,40,43,44,51). The number of fused-ring (bicyclic) bond motifs is 1. The lowest BCUT2D eigenvalue weighted by molar-refractivity contribution is -0.144. The number of rotatable bonds is 26. The summed E-state index contributed by atoms with van der Waals surface area (Å²) in [6, 6.07) is 3.53. The number of H-pyrrole nitrogens is 1. The van der Waals surface area contributed by atoms with Gasteiger partial charge in [0.2, 0.25) is 17.8 Å². The van der Waals surface area contributed by atoms with Crippen LogP contribution >= 0.6 is 21.6 Å². The van der Waals surface area contributed by atoms with Gasteiger partial charge in [-0.2, -0.15) is 4.98 Å². The molecule has 4 atom stereocenters. The second-order valence-electron chi connectivity index (χ2n) is 12.9. The summed E-state index contributed by atoms with van der Waals surface area (Å²) in [5, 5.41) is 36.2. The van der Waals surface area contributed by atoms with Crippen LogP contribution in [0.1, 0.15) is 53.7 Å². The Bertz CT molecular complexity index is 1980. The highest BCUT2D eigenvalue weighted by Crippen LogP contribution is 2.25. The molecule has 0 aliphatic heterocycles. The van der Waals surface area contributed by atoms with Crippen molar-refractivity contribution in [1.29, 1.82) is 0 Å². The lowest BCUT2D eigenvalue weighted by Crippen LogP contribution is -2.53. The van der Waals surface area contributed by atoms with Gasteiger partial charge in [-0.15, -0.1) is 0 Å². The Morgan fingerprint density at radius 1 is 0.912 bits per heavy atom. The van der Waals surface area contributed by atoms with Crippen LogP contribution in [0.2, 0.25) is 0 Å². The topological polar surface area (TPSA) is 340 Å². The second-order valence-corrected chi connectivity index (χ2v) is 15.5. The van der Waals surface area contributed by atoms with Crippen molar-refractivity contribution in [1.82, 2.24) is 35.9 Å². The van der Waals surface area contributed by atoms with E-state index >= 15 is 0 Å². The average Bonchev–Trinajstić information content (AvgIpc) is 3.16. The number of carbonyl (C=O) groups excluding carboxylic acids is 4. The Morgan fingerprint density at radius 3 is 2.26 bits per heavy atom. The molecule has 2 amide bonds. The number of aromatic amines is 1. The molecule has 0 saturated heterocycles. The highest BCUT2D eigenvalue weighted by Gasteiger charge is 2.31. The molecule has 3 rings (SSSR count). The van der Waals surface area contributed by atoms with Gasteiger partial charge in [-0.3, -0.25) is 43.3 Å². The fourth-order valence-corrected chi connectivity index (χ4v) is 7.53. The van der Waals surface area contributed by atoms with Crippen molar-refractivity contribution in [2.75, 3.05) is 37.4 Å². The lowest BCUT2D eigenvalue weighted by Gasteiger charge is -2.21. The maximum absolute atomic E-state index is 13.0. The summed E-state index contributed by atoms with van der Waals surface area (Å²) in [6.45, 7) is 0.247. The molecule has 0 aliphatic carbocycles. The van der Waals surface area contributed by atoms with E-state index in [9.17, 15) is 53.7 Å². The van der Waals surface area contributed by atoms with Crippen LogP contribution in [0, 0.1) is 11.8 Å². The number of carboxylic acids is 3. The van der Waals surface area contributed by atoms with Gasteiger partial charge in [-0.1, -0.05) is 45.9 Å². The summed E-state index contributed by atoms with van der Waals surface area (Å²) in [7, 11) is 4.43. The number of nitrogens with one attached hydrogen (secondary N) is 4. The smallest absolute Gasteiger partial charge is 0.307 e. The van der Waals surface area contributed by atoms with Crippen LogP contribution in [-0.4, -0.2) is 120 Å². The molecule has 0 aliphatic rings. The molecule has 57 heavy (non-hydrogen) atoms. The van der Waals surface area contributed by atoms with Gasteiger partial charge in [0, 0.05) is 49.4 Å². The van der Waals surface area contributed by atoms with Crippen LogP contribution in [0.3, 0.4) is 0 Å². The van der Waals surface area contributed by atoms with Crippen LogP contribution in [0.4, 0.5) is 5.95 Å². The second kappa shape index (κ2) is 22.9. The molecule has 4 unspecified atom stereocenters. The van der Waals surface area contributed by atoms with E-state index in [1.165, 1.54) is 27.8 Å². The van der Waals surface area contributed by atoms with Gasteiger partial charge in [0.15, 0.2) is 22.7 Å². The number of nitrogens with zero attached hydrogens (tertiary/aromatic N) is 3. The highest BCUT2D eigenvalue weighted by atomic mass is 33.1. The number of aliphatic carboxylic acids is 3. The van der Waals surface area contributed by atoms with Gasteiger partial charge in [0.05, 0.1) is 36.2 Å². The van der Waals surface area contributed by atoms with E-state index in [2.05, 4.69) is 35.9 Å². The minimum atomic E-state index is -1.57. The summed E-state index contributed by atoms with van der Waals surface area (Å²) in [5.41, 5.74) is 12.7. The van der Waals surface area contributed by atoms with Gasteiger partial charge in [0.1, 0.15) is 6.04 Å². The Morgan fingerprint density at radius 2 is 1.61 bits per heavy atom. The van der Waals surface area contributed by atoms with Crippen LogP contribution in [-0.2, 0) is 41.6 Å². The Hall–Kier alpha value is -5.45. The first-order chi connectivity index (χ1) is 27.1. The van der Waals surface area contributed by atoms with Crippen molar-refractivity contribution < 1.29 is 48.9 Å². The summed E-state index contributed by atoms with van der Waals surface area (Å²) in [5.74, 6) is -8.50. The minimum Gasteiger partial charge on any atom is -0.481 e. The van der Waals surface area contributed by atoms with Gasteiger partial charge >= 0.3 is 17.9 Å². The van der Waals surface area contributed by atoms with E-state index < -0.39 is 90.2 Å². The van der Waals surface area contributed by atoms with Crippen molar-refractivity contribution in [3.8, 4) is 0 Å². The Kier molecular flexibility index (Phi) is 18.5. The quantitative estimate of drug-likeness (QED) is 0.0287. The first-order valence-electron chi connectivity index (χ1n) is 17.6. The molecule has 20 nitrogen and oxygen atoms in total. The molecule has 3 aromatic rings. The molecule has 0 fully saturated rings. The van der Waals surface area contributed by atoms with E-state index in [-0.39, 0.29) is 47.7 Å². The van der Waals surface area contributed by atoms with Crippen molar-refractivity contribution in [3.63, 3.8) is 0 Å². The van der Waals surface area contributed by atoms with E-state index in [0.717, 1.165) is 5.56 Å². The zero-order valence-electron chi connectivity index (χ0n) is 30.9. The van der Waals surface area contributed by atoms with Crippen LogP contribution in [0.15, 0.2) is 35.3 Å². The molecule has 0 saturated carbocycles. The number of hydrogen-bond acceptors (Lipinski definition) is 16. The number of amides is 2. The number of ketones is 2. The number of carboxylic acid groups (broad SMARTS) is 3. The van der Waals surface area contributed by atoms with Crippen LogP contribution < -0.4 is 33.0 Å². The third-order valence-corrected chi connectivity index (χ3v) is 10.9. The number of nitrogen functional groups attached to an aromatic ring is 1. The first kappa shape index (κ1) is 45.9. The Balaban J connectivity index is 1.46. The number of aryl methyl sites for hydroxylation is 2. The molecule has 0 bridgehead atoms. The van der Waals surface area contributed by atoms with Crippen LogP contribution in [0.5, 0.6) is 0 Å². The van der Waals surface area contributed by atoms with Crippen molar-refractivity contribution in [3.05, 3.63) is 57.6 Å². The number of carbonyl (C=O) groups is 7. The molecule has 2 aromatic heterocycles. The van der Waals surface area contributed by atoms with Gasteiger partial charge in [-0.25, -0.2) is 9.97 Å². The number of nitrogens with two attached hydrogens (primary N) is 2. The largest absolute Gasteiger partial charge is 0.481 e. The van der Waals surface area contributed by atoms with Gasteiger partial charge < -0.3 is 42.7 Å². The zero-order valence-corrected chi connectivity index (χ0v) is 32.5. The van der Waals surface area contributed by atoms with Crippen LogP contribution in [0.25, 0.3) is 11.2 Å². The van der Waals surface area contributed by atoms with Gasteiger partial charge in [-0.05, 0) is 31.9 Å². The molecule has 22 heteroatoms. The van der Waals surface area contributed by atoms with Crippen molar-refractivity contribution in [2.45, 2.75) is 57.0 Å². The third-order valence-electron chi connectivity index (χ3n) is 8.46. The van der Waals surface area contributed by atoms with E-state index in [0.29, 0.717) is 30.8 Å². The fourth-order valence-electron chi connectivity index (χ4n) is 5.22. The Labute approximate surface area is 333 Å². The lowest BCUT2D eigenvalue weighted by atomic mass is 9.93. The van der Waals surface area contributed by atoms with E-state index in [1.54, 1.807) is 31.3 Å². The summed E-state index contributed by atoms with van der Waals surface area (Å²) in [6.07, 6.45) is 0.139. The molecule has 2 heterocycles. The zero-order chi connectivity index (χ0) is 42.1. The van der Waals surface area contributed by atoms with E-state index in [4.69, 9.17) is 11.5 Å². The number of Topliss-reactive ketones (excluding diaryl/α,β-unsaturated/α-hetero) is 2. The van der Waals surface area contributed by atoms with Crippen molar-refractivity contribution >= 4 is 80.0 Å². The molecule has 11 N–H and O–H groups in total. The van der Waals surface area contributed by atoms with E-state index in [1.807, 2.05) is 0 Å². The average molecular weight is 832 g/mol. The minimum absolute atomic E-state index is 0.0583. The molecular formula is C35H45N9O11S2. The molecular weight excluding hydrogens is 787 g/mol. The molecule has 0 radical (unpaired) electrons. The first-order valence-corrected chi connectivity index (χ1v) is 20.1. The fraction of sp³-hybridized carbons (Fsp3) is 0.457. The normalized spacial score (nSPS) is 13.2. The molecule has 1 aromatic carbocycles. The third kappa shape index (κ3) is 15.5. The maximum atomic E-state index is 13.0. The predicted octanol–water partition coefficient (Wildman–Crippen LogP) is -0.202. The molecule has 0 spiro atoms. The number of benzene rings is 1. The number of anilines is 1. The SMILES string of the molecule is CNCCSSCC(CC(=O)C(CC(=O)O)NC(=O)C(N)CNC(=O)CCC(CC(=O)c1ccc(CCc2cnc3nc(N)[nH]c(=O)c3n2)cc1)C(=O)O)C(=O)O. The summed E-state index contributed by atoms with van der Waals surface area (Å²) in [4.78, 5) is 113. The number of aromatic nitrogens is 4. The highest BCUT2D eigenvalue weighted by molar-refractivity contribution is 8.76. The van der Waals surface area contributed by atoms with Gasteiger partial charge in [0.25, 0.3) is 5.56 Å².